The first-order chi connectivity index (χ1) is 10.8. The van der Waals surface area contributed by atoms with E-state index in [2.05, 4.69) is 74.5 Å². The van der Waals surface area contributed by atoms with E-state index >= 15 is 0 Å². The van der Waals surface area contributed by atoms with Crippen LogP contribution in [-0.4, -0.2) is 0 Å². The predicted molar refractivity (Wildman–Crippen MR) is 124 cm³/mol. The SMILES string of the molecule is C.C.C.C.Cc1ccc2c3c(C)ccc4cccc(c5cccc1c52)c43. The van der Waals surface area contributed by atoms with Gasteiger partial charge in [-0.3, -0.25) is 0 Å². The van der Waals surface area contributed by atoms with Crippen molar-refractivity contribution in [3.63, 3.8) is 0 Å². The van der Waals surface area contributed by atoms with E-state index in [9.17, 15) is 0 Å². The second-order valence-electron chi connectivity index (χ2n) is 6.32. The van der Waals surface area contributed by atoms with Gasteiger partial charge in [-0.25, -0.2) is 0 Å². The Balaban J connectivity index is 0.000000845. The summed E-state index contributed by atoms with van der Waals surface area (Å²) in [4.78, 5) is 0. The minimum Gasteiger partial charge on any atom is -0.0776 e. The molecule has 5 aromatic rings. The van der Waals surface area contributed by atoms with Crippen molar-refractivity contribution in [3.8, 4) is 0 Å². The van der Waals surface area contributed by atoms with Crippen LogP contribution < -0.4 is 0 Å². The Bertz CT molecular complexity index is 1170. The van der Waals surface area contributed by atoms with E-state index < -0.39 is 0 Å². The smallest absolute Gasteiger partial charge is 0.00236 e. The van der Waals surface area contributed by atoms with Crippen LogP contribution >= 0.6 is 0 Å². The van der Waals surface area contributed by atoms with Gasteiger partial charge in [-0.15, -0.1) is 0 Å². The number of fused-ring (bicyclic) bond motifs is 2. The molecule has 0 aliphatic rings. The lowest BCUT2D eigenvalue weighted by Crippen LogP contribution is -1.90. The van der Waals surface area contributed by atoms with Crippen LogP contribution in [0.25, 0.3) is 43.1 Å². The summed E-state index contributed by atoms with van der Waals surface area (Å²) in [6.07, 6.45) is 0. The Kier molecular flexibility index (Phi) is 6.05. The lowest BCUT2D eigenvalue weighted by atomic mass is 9.87. The highest BCUT2D eigenvalue weighted by Gasteiger charge is 2.14. The van der Waals surface area contributed by atoms with Gasteiger partial charge in [0.25, 0.3) is 0 Å². The molecule has 0 amide bonds. The number of hydrogen-bond donors (Lipinski definition) is 0. The molecule has 0 spiro atoms. The fourth-order valence-electron chi connectivity index (χ4n) is 4.04. The van der Waals surface area contributed by atoms with Crippen molar-refractivity contribution in [1.82, 2.24) is 0 Å². The summed E-state index contributed by atoms with van der Waals surface area (Å²) >= 11 is 0. The Labute approximate surface area is 158 Å². The van der Waals surface area contributed by atoms with Crippen LogP contribution in [-0.2, 0) is 0 Å². The molecule has 0 aliphatic heterocycles. The average Bonchev–Trinajstić information content (AvgIpc) is 2.55. The molecule has 136 valence electrons. The topological polar surface area (TPSA) is 0 Å². The normalized spacial score (nSPS) is 10.2. The molecule has 0 aliphatic carbocycles. The van der Waals surface area contributed by atoms with E-state index in [0.29, 0.717) is 0 Å². The van der Waals surface area contributed by atoms with Crippen LogP contribution in [0.15, 0.2) is 60.7 Å². The fraction of sp³-hybridized carbons (Fsp3) is 0.231. The largest absolute Gasteiger partial charge is 0.0776 e. The van der Waals surface area contributed by atoms with Crippen molar-refractivity contribution in [2.24, 2.45) is 0 Å². The van der Waals surface area contributed by atoms with E-state index in [1.807, 2.05) is 0 Å². The van der Waals surface area contributed by atoms with Crippen LogP contribution in [0.3, 0.4) is 0 Å². The zero-order valence-corrected chi connectivity index (χ0v) is 12.8. The first-order valence-corrected chi connectivity index (χ1v) is 7.81. The zero-order valence-electron chi connectivity index (χ0n) is 12.8. The zero-order chi connectivity index (χ0) is 14.8. The summed E-state index contributed by atoms with van der Waals surface area (Å²) in [6.45, 7) is 4.43. The summed E-state index contributed by atoms with van der Waals surface area (Å²) in [7, 11) is 0. The summed E-state index contributed by atoms with van der Waals surface area (Å²) in [5.41, 5.74) is 2.71. The van der Waals surface area contributed by atoms with Gasteiger partial charge < -0.3 is 0 Å². The van der Waals surface area contributed by atoms with E-state index in [0.717, 1.165) is 0 Å². The van der Waals surface area contributed by atoms with Crippen molar-refractivity contribution < 1.29 is 0 Å². The Hall–Kier alpha value is -2.60. The first-order valence-electron chi connectivity index (χ1n) is 7.81. The van der Waals surface area contributed by atoms with Crippen molar-refractivity contribution >= 4 is 43.1 Å². The third-order valence-electron chi connectivity index (χ3n) is 5.07. The van der Waals surface area contributed by atoms with Gasteiger partial charge in [0.1, 0.15) is 0 Å². The van der Waals surface area contributed by atoms with Gasteiger partial charge in [-0.2, -0.15) is 0 Å². The number of benzene rings is 5. The van der Waals surface area contributed by atoms with E-state index in [-0.39, 0.29) is 29.7 Å². The molecule has 0 nitrogen and oxygen atoms in total. The molecule has 0 unspecified atom stereocenters. The quantitative estimate of drug-likeness (QED) is 0.194. The molecule has 0 heterocycles. The van der Waals surface area contributed by atoms with Crippen LogP contribution in [0.5, 0.6) is 0 Å². The highest BCUT2D eigenvalue weighted by molar-refractivity contribution is 6.33. The molecule has 0 bridgehead atoms. The monoisotopic (exact) mass is 344 g/mol. The summed E-state index contributed by atoms with van der Waals surface area (Å²) in [5.74, 6) is 0. The van der Waals surface area contributed by atoms with Gasteiger partial charge in [-0.05, 0) is 68.1 Å². The molecule has 0 N–H and O–H groups in total. The number of aryl methyl sites for hydroxylation is 2. The molecular weight excluding hydrogens is 312 g/mol. The van der Waals surface area contributed by atoms with Gasteiger partial charge in [0.2, 0.25) is 0 Å². The molecular formula is C26H32. The second kappa shape index (κ2) is 7.33. The second-order valence-corrected chi connectivity index (χ2v) is 6.32. The molecule has 0 radical (unpaired) electrons. The van der Waals surface area contributed by atoms with Crippen molar-refractivity contribution in [2.75, 3.05) is 0 Å². The standard InChI is InChI=1S/C22H16.4CH4/c1-13-10-12-19-20-14(2)9-11-15-5-3-7-17(21(15)20)18-8-4-6-16(13)22(18)19;;;;/h3-12H,1-2H3;4*1H4. The maximum absolute atomic E-state index is 2.30. The third-order valence-corrected chi connectivity index (χ3v) is 5.07. The van der Waals surface area contributed by atoms with Crippen LogP contribution in [0.4, 0.5) is 0 Å². The van der Waals surface area contributed by atoms with Gasteiger partial charge in [0.15, 0.2) is 0 Å². The lowest BCUT2D eigenvalue weighted by molar-refractivity contribution is 1.53. The predicted octanol–water partition coefficient (Wildman–Crippen LogP) is 8.90. The van der Waals surface area contributed by atoms with Crippen molar-refractivity contribution in [2.45, 2.75) is 43.6 Å². The van der Waals surface area contributed by atoms with Crippen LogP contribution in [0, 0.1) is 13.8 Å². The molecule has 0 aromatic heterocycles. The number of hydrogen-bond acceptors (Lipinski definition) is 0. The summed E-state index contributed by atoms with van der Waals surface area (Å²) < 4.78 is 0. The molecule has 0 saturated carbocycles. The number of rotatable bonds is 0. The lowest BCUT2D eigenvalue weighted by Gasteiger charge is -2.16. The van der Waals surface area contributed by atoms with E-state index in [1.165, 1.54) is 54.2 Å². The third kappa shape index (κ3) is 2.52. The molecule has 0 atom stereocenters. The van der Waals surface area contributed by atoms with Crippen molar-refractivity contribution in [3.05, 3.63) is 71.8 Å². The fourth-order valence-corrected chi connectivity index (χ4v) is 4.04. The summed E-state index contributed by atoms with van der Waals surface area (Å²) in [5, 5.41) is 11.1. The minimum absolute atomic E-state index is 0. The van der Waals surface area contributed by atoms with Gasteiger partial charge in [-0.1, -0.05) is 90.4 Å². The Morgan fingerprint density at radius 2 is 1.00 bits per heavy atom. The molecule has 0 heteroatoms. The molecule has 5 aromatic carbocycles. The Morgan fingerprint density at radius 3 is 1.73 bits per heavy atom. The molecule has 0 saturated heterocycles. The first kappa shape index (κ1) is 21.4. The van der Waals surface area contributed by atoms with Crippen LogP contribution in [0.2, 0.25) is 0 Å². The highest BCUT2D eigenvalue weighted by Crippen LogP contribution is 2.41. The molecule has 26 heavy (non-hydrogen) atoms. The average molecular weight is 345 g/mol. The Morgan fingerprint density at radius 1 is 0.423 bits per heavy atom. The summed E-state index contributed by atoms with van der Waals surface area (Å²) in [6, 6.07) is 22.4. The van der Waals surface area contributed by atoms with Gasteiger partial charge in [0.05, 0.1) is 0 Å². The highest BCUT2D eigenvalue weighted by atomic mass is 14.2. The maximum atomic E-state index is 2.30. The van der Waals surface area contributed by atoms with E-state index in [4.69, 9.17) is 0 Å². The molecule has 0 fully saturated rings. The minimum atomic E-state index is 0. The van der Waals surface area contributed by atoms with Gasteiger partial charge in [0, 0.05) is 0 Å². The van der Waals surface area contributed by atoms with Gasteiger partial charge >= 0.3 is 0 Å². The van der Waals surface area contributed by atoms with Crippen molar-refractivity contribution in [1.29, 1.82) is 0 Å². The maximum Gasteiger partial charge on any atom is -0.00236 e. The molecule has 5 rings (SSSR count). The van der Waals surface area contributed by atoms with Crippen LogP contribution in [0.1, 0.15) is 40.8 Å². The van der Waals surface area contributed by atoms with E-state index in [1.54, 1.807) is 0 Å².